The van der Waals surface area contributed by atoms with Crippen LogP contribution in [0.2, 0.25) is 0 Å². The van der Waals surface area contributed by atoms with E-state index in [0.29, 0.717) is 27.6 Å². The van der Waals surface area contributed by atoms with Crippen LogP contribution in [0, 0.1) is 12.3 Å². The van der Waals surface area contributed by atoms with Gasteiger partial charge in [-0.2, -0.15) is 0 Å². The second-order valence-corrected chi connectivity index (χ2v) is 14.4. The van der Waals surface area contributed by atoms with Crippen molar-refractivity contribution < 1.29 is 38.1 Å². The van der Waals surface area contributed by atoms with Crippen molar-refractivity contribution in [3.8, 4) is 11.5 Å². The van der Waals surface area contributed by atoms with Gasteiger partial charge in [-0.3, -0.25) is 14.4 Å². The summed E-state index contributed by atoms with van der Waals surface area (Å²) in [5, 5.41) is 2.06. The summed E-state index contributed by atoms with van der Waals surface area (Å²) in [5.41, 5.74) is -2.75. The van der Waals surface area contributed by atoms with E-state index in [1.165, 1.54) is 18.9 Å². The minimum absolute atomic E-state index is 0.101. The van der Waals surface area contributed by atoms with E-state index in [0.717, 1.165) is 22.9 Å². The minimum Gasteiger partial charge on any atom is -0.497 e. The minimum atomic E-state index is -2.34. The first-order valence-electron chi connectivity index (χ1n) is 16.4. The first kappa shape index (κ1) is 37.0. The van der Waals surface area contributed by atoms with E-state index in [1.54, 1.807) is 88.5 Å². The summed E-state index contributed by atoms with van der Waals surface area (Å²) in [6.07, 6.45) is -0.985. The molecule has 0 aliphatic carbocycles. The molecule has 51 heavy (non-hydrogen) atoms. The van der Waals surface area contributed by atoms with Gasteiger partial charge in [-0.1, -0.05) is 71.9 Å². The van der Waals surface area contributed by atoms with E-state index in [1.807, 2.05) is 43.3 Å². The molecular formula is C40H42N2O8S. The number of fused-ring (bicyclic) bond motifs is 1. The molecule has 2 amide bonds. The van der Waals surface area contributed by atoms with Crippen molar-refractivity contribution in [3.05, 3.63) is 119 Å². The van der Waals surface area contributed by atoms with Crippen molar-refractivity contribution in [2.24, 2.45) is 5.41 Å². The third-order valence-electron chi connectivity index (χ3n) is 8.65. The Hall–Kier alpha value is -5.29. The van der Waals surface area contributed by atoms with Crippen LogP contribution in [-0.4, -0.2) is 42.9 Å². The molecule has 266 valence electrons. The highest BCUT2D eigenvalue weighted by Gasteiger charge is 2.70. The highest BCUT2D eigenvalue weighted by atomic mass is 32.2. The van der Waals surface area contributed by atoms with Crippen molar-refractivity contribution in [2.45, 2.75) is 63.8 Å². The number of alkyl carbamates (subject to hydrolysis) is 1. The van der Waals surface area contributed by atoms with E-state index in [4.69, 9.17) is 18.9 Å². The second-order valence-electron chi connectivity index (χ2n) is 13.4. The molecule has 0 aromatic heterocycles. The SMILES string of the molecule is COc1ccc(COC(=O)C(C)(C(=O)Sc2ccc(OC)cc2)C2(NC(=O)OC(C)(C)C)C(=O)N(Cc3ccccc3)c3ccc(C)cc32)cc1. The van der Waals surface area contributed by atoms with Crippen LogP contribution in [0.1, 0.15) is 49.9 Å². The van der Waals surface area contributed by atoms with E-state index in [2.05, 4.69) is 5.32 Å². The molecule has 1 aliphatic rings. The van der Waals surface area contributed by atoms with Gasteiger partial charge in [0.25, 0.3) is 5.91 Å². The van der Waals surface area contributed by atoms with Gasteiger partial charge in [0.1, 0.15) is 23.7 Å². The average molecular weight is 711 g/mol. The zero-order valence-electron chi connectivity index (χ0n) is 29.8. The van der Waals surface area contributed by atoms with Gasteiger partial charge >= 0.3 is 12.1 Å². The van der Waals surface area contributed by atoms with Gasteiger partial charge in [-0.25, -0.2) is 4.79 Å². The monoisotopic (exact) mass is 710 g/mol. The van der Waals surface area contributed by atoms with Crippen LogP contribution < -0.4 is 19.7 Å². The van der Waals surface area contributed by atoms with Crippen LogP contribution in [-0.2, 0) is 42.5 Å². The molecule has 0 bridgehead atoms. The number of carbonyl (C=O) groups excluding carboxylic acids is 4. The van der Waals surface area contributed by atoms with Gasteiger partial charge in [0.05, 0.1) is 26.5 Å². The third-order valence-corrected chi connectivity index (χ3v) is 9.75. The lowest BCUT2D eigenvalue weighted by Crippen LogP contribution is -2.67. The lowest BCUT2D eigenvalue weighted by atomic mass is 9.67. The fourth-order valence-electron chi connectivity index (χ4n) is 5.98. The topological polar surface area (TPSA) is 120 Å². The lowest BCUT2D eigenvalue weighted by molar-refractivity contribution is -0.167. The quantitative estimate of drug-likeness (QED) is 0.0968. The number of esters is 1. The largest absolute Gasteiger partial charge is 0.497 e. The highest BCUT2D eigenvalue weighted by Crippen LogP contribution is 2.54. The standard InChI is InChI=1S/C40H42N2O8S/c1-26-13-22-33-32(23-26)40(41-37(46)50-38(2,3)4,34(43)42(33)24-27-11-9-8-10-12-27)39(5,36(45)51-31-20-18-30(48-7)19-21-31)35(44)49-25-28-14-16-29(47-6)17-15-28/h8-23H,24-25H2,1-7H3,(H,41,46). The second kappa shape index (κ2) is 14.9. The summed E-state index contributed by atoms with van der Waals surface area (Å²) in [6.45, 7) is 8.12. The van der Waals surface area contributed by atoms with Crippen molar-refractivity contribution in [3.63, 3.8) is 0 Å². The number of rotatable bonds is 11. The molecule has 2 atom stereocenters. The number of hydrogen-bond donors (Lipinski definition) is 1. The molecule has 0 saturated heterocycles. The fourth-order valence-corrected chi connectivity index (χ4v) is 6.91. The van der Waals surface area contributed by atoms with Crippen LogP contribution in [0.3, 0.4) is 0 Å². The summed E-state index contributed by atoms with van der Waals surface area (Å²) in [5.74, 6) is -0.514. The molecule has 5 rings (SSSR count). The molecule has 1 heterocycles. The number of nitrogens with one attached hydrogen (secondary N) is 1. The average Bonchev–Trinajstić information content (AvgIpc) is 3.33. The lowest BCUT2D eigenvalue weighted by Gasteiger charge is -2.42. The number of anilines is 1. The van der Waals surface area contributed by atoms with E-state index < -0.39 is 39.6 Å². The van der Waals surface area contributed by atoms with E-state index >= 15 is 4.79 Å². The maximum absolute atomic E-state index is 15.3. The first-order valence-corrected chi connectivity index (χ1v) is 17.2. The molecule has 1 N–H and O–H groups in total. The smallest absolute Gasteiger partial charge is 0.408 e. The zero-order valence-corrected chi connectivity index (χ0v) is 30.6. The molecule has 0 spiro atoms. The summed E-state index contributed by atoms with van der Waals surface area (Å²) in [6, 6.07) is 28.3. The Labute approximate surface area is 302 Å². The number of methoxy groups -OCH3 is 2. The number of thioether (sulfide) groups is 1. The summed E-state index contributed by atoms with van der Waals surface area (Å²) >= 11 is 0.762. The van der Waals surface area contributed by atoms with E-state index in [-0.39, 0.29) is 18.7 Å². The molecule has 1 aliphatic heterocycles. The molecule has 11 heteroatoms. The van der Waals surface area contributed by atoms with Gasteiger partial charge in [0, 0.05) is 10.5 Å². The zero-order chi connectivity index (χ0) is 37.0. The highest BCUT2D eigenvalue weighted by molar-refractivity contribution is 8.13. The normalized spacial score (nSPS) is 16.5. The molecule has 0 saturated carbocycles. The Morgan fingerprint density at radius 2 is 1.41 bits per heavy atom. The van der Waals surface area contributed by atoms with Gasteiger partial charge in [0.15, 0.2) is 11.0 Å². The summed E-state index contributed by atoms with van der Waals surface area (Å²) < 4.78 is 22.2. The van der Waals surface area contributed by atoms with Gasteiger partial charge in [-0.05, 0) is 88.2 Å². The summed E-state index contributed by atoms with van der Waals surface area (Å²) in [4.78, 5) is 60.9. The Morgan fingerprint density at radius 1 is 0.804 bits per heavy atom. The molecular weight excluding hydrogens is 669 g/mol. The fraction of sp³-hybridized carbons (Fsp3) is 0.300. The number of nitrogens with zero attached hydrogens (tertiary/aromatic N) is 1. The molecule has 4 aromatic carbocycles. The van der Waals surface area contributed by atoms with Crippen molar-refractivity contribution in [2.75, 3.05) is 19.1 Å². The molecule has 10 nitrogen and oxygen atoms in total. The van der Waals surface area contributed by atoms with Crippen LogP contribution >= 0.6 is 11.8 Å². The number of ether oxygens (including phenoxy) is 4. The van der Waals surface area contributed by atoms with Gasteiger partial charge in [-0.15, -0.1) is 0 Å². The third kappa shape index (κ3) is 7.58. The van der Waals surface area contributed by atoms with Crippen molar-refractivity contribution in [1.29, 1.82) is 0 Å². The Bertz CT molecular complexity index is 1910. The predicted octanol–water partition coefficient (Wildman–Crippen LogP) is 7.35. The first-order chi connectivity index (χ1) is 24.2. The summed E-state index contributed by atoms with van der Waals surface area (Å²) in [7, 11) is 3.07. The maximum Gasteiger partial charge on any atom is 0.408 e. The molecule has 4 aromatic rings. The van der Waals surface area contributed by atoms with Crippen LogP contribution in [0.15, 0.2) is 102 Å². The van der Waals surface area contributed by atoms with Crippen LogP contribution in [0.4, 0.5) is 10.5 Å². The predicted molar refractivity (Wildman–Crippen MR) is 195 cm³/mol. The molecule has 0 radical (unpaired) electrons. The Morgan fingerprint density at radius 3 is 2.00 bits per heavy atom. The Balaban J connectivity index is 1.71. The van der Waals surface area contributed by atoms with Crippen molar-refractivity contribution >= 4 is 40.5 Å². The van der Waals surface area contributed by atoms with E-state index in [9.17, 15) is 14.4 Å². The number of benzene rings is 4. The van der Waals surface area contributed by atoms with Gasteiger partial charge < -0.3 is 29.2 Å². The van der Waals surface area contributed by atoms with Crippen LogP contribution in [0.25, 0.3) is 0 Å². The molecule has 2 unspecified atom stereocenters. The number of hydrogen-bond acceptors (Lipinski definition) is 9. The Kier molecular flexibility index (Phi) is 10.8. The number of carbonyl (C=O) groups is 4. The van der Waals surface area contributed by atoms with Gasteiger partial charge in [0.2, 0.25) is 5.12 Å². The molecule has 0 fully saturated rings. The maximum atomic E-state index is 15.3. The van der Waals surface area contributed by atoms with Crippen molar-refractivity contribution in [1.82, 2.24) is 5.32 Å². The van der Waals surface area contributed by atoms with Crippen LogP contribution in [0.5, 0.6) is 11.5 Å². The number of aryl methyl sites for hydroxylation is 1. The number of amides is 2.